The van der Waals surface area contributed by atoms with E-state index in [1.54, 1.807) is 7.05 Å². The minimum Gasteiger partial charge on any atom is -0.212 e. The van der Waals surface area contributed by atoms with Gasteiger partial charge >= 0.3 is 0 Å². The fraction of sp³-hybridized carbons (Fsp3) is 1.00. The van der Waals surface area contributed by atoms with Crippen molar-refractivity contribution in [1.29, 1.82) is 0 Å². The molecule has 0 N–H and O–H groups in total. The molecule has 0 aromatic carbocycles. The topological polar surface area (TPSA) is 37.4 Å². The van der Waals surface area contributed by atoms with Crippen LogP contribution >= 0.6 is 0 Å². The molecule has 16 heavy (non-hydrogen) atoms. The Balaban J connectivity index is 5.06. The van der Waals surface area contributed by atoms with Crippen molar-refractivity contribution in [3.05, 3.63) is 0 Å². The zero-order chi connectivity index (χ0) is 13.2. The second-order valence-electron chi connectivity index (χ2n) is 5.94. The molecule has 0 bridgehead atoms. The number of nitrogens with zero attached hydrogens (tertiary/aromatic N) is 1. The Bertz CT molecular complexity index is 312. The second-order valence-corrected chi connectivity index (χ2v) is 8.53. The molecule has 0 fully saturated rings. The molecule has 0 atom stereocenters. The summed E-state index contributed by atoms with van der Waals surface area (Å²) < 4.78 is 25.6. The molecule has 0 rings (SSSR count). The van der Waals surface area contributed by atoms with Crippen molar-refractivity contribution in [3.63, 3.8) is 0 Å². The van der Waals surface area contributed by atoms with Crippen LogP contribution in [0.4, 0.5) is 0 Å². The molecule has 4 heteroatoms. The third-order valence-electron chi connectivity index (χ3n) is 3.69. The summed E-state index contributed by atoms with van der Waals surface area (Å²) in [5.41, 5.74) is -0.272. The number of hydrogen-bond donors (Lipinski definition) is 0. The van der Waals surface area contributed by atoms with E-state index in [0.717, 1.165) is 12.8 Å². The van der Waals surface area contributed by atoms with Crippen LogP contribution in [0.15, 0.2) is 0 Å². The van der Waals surface area contributed by atoms with E-state index in [0.29, 0.717) is 6.54 Å². The Morgan fingerprint density at radius 2 is 1.50 bits per heavy atom. The first-order chi connectivity index (χ1) is 6.98. The lowest BCUT2D eigenvalue weighted by atomic mass is 9.83. The summed E-state index contributed by atoms with van der Waals surface area (Å²) >= 11 is 0. The minimum atomic E-state index is -3.24. The molecular weight excluding hydrogens is 222 g/mol. The molecule has 0 saturated carbocycles. The van der Waals surface area contributed by atoms with E-state index in [4.69, 9.17) is 0 Å². The normalized spacial score (nSPS) is 14.5. The van der Waals surface area contributed by atoms with Crippen molar-refractivity contribution in [1.82, 2.24) is 4.31 Å². The number of sulfonamides is 1. The van der Waals surface area contributed by atoms with Crippen LogP contribution in [0.25, 0.3) is 0 Å². The summed E-state index contributed by atoms with van der Waals surface area (Å²) in [6, 6.07) is 0. The predicted molar refractivity (Wildman–Crippen MR) is 70.0 cm³/mol. The molecule has 0 radical (unpaired) electrons. The number of unbranched alkanes of at least 4 members (excludes halogenated alkanes) is 1. The molecule has 0 amide bonds. The SMILES string of the molecule is CCCCN(C)S(=O)(=O)C(C)(C)C(C)(C)C. The highest BCUT2D eigenvalue weighted by atomic mass is 32.2. The minimum absolute atomic E-state index is 0.272. The van der Waals surface area contributed by atoms with Crippen LogP contribution < -0.4 is 0 Å². The van der Waals surface area contributed by atoms with Gasteiger partial charge in [0.2, 0.25) is 10.0 Å². The Labute approximate surface area is 101 Å². The largest absolute Gasteiger partial charge is 0.219 e. The van der Waals surface area contributed by atoms with Gasteiger partial charge in [0.05, 0.1) is 4.75 Å². The van der Waals surface area contributed by atoms with E-state index in [1.165, 1.54) is 4.31 Å². The summed E-state index contributed by atoms with van der Waals surface area (Å²) in [5, 5.41) is 0. The number of rotatable bonds is 5. The summed E-state index contributed by atoms with van der Waals surface area (Å²) in [6.45, 7) is 12.2. The van der Waals surface area contributed by atoms with Crippen molar-refractivity contribution >= 4 is 10.0 Å². The summed E-state index contributed by atoms with van der Waals surface area (Å²) in [5.74, 6) is 0. The van der Waals surface area contributed by atoms with Gasteiger partial charge in [0.1, 0.15) is 0 Å². The average molecular weight is 249 g/mol. The van der Waals surface area contributed by atoms with Gasteiger partial charge < -0.3 is 0 Å². The molecular formula is C12H27NO2S. The molecule has 0 aromatic heterocycles. The monoisotopic (exact) mass is 249 g/mol. The van der Waals surface area contributed by atoms with E-state index in [1.807, 2.05) is 34.6 Å². The van der Waals surface area contributed by atoms with Crippen LogP contribution in [-0.2, 0) is 10.0 Å². The van der Waals surface area contributed by atoms with Crippen molar-refractivity contribution in [2.75, 3.05) is 13.6 Å². The van der Waals surface area contributed by atoms with Gasteiger partial charge in [-0.1, -0.05) is 34.1 Å². The highest BCUT2D eigenvalue weighted by Crippen LogP contribution is 2.38. The quantitative estimate of drug-likeness (QED) is 0.751. The molecule has 0 unspecified atom stereocenters. The van der Waals surface area contributed by atoms with Gasteiger partial charge in [0.25, 0.3) is 0 Å². The van der Waals surface area contributed by atoms with E-state index in [2.05, 4.69) is 6.92 Å². The lowest BCUT2D eigenvalue weighted by Gasteiger charge is -2.40. The first-order valence-electron chi connectivity index (χ1n) is 5.94. The van der Waals surface area contributed by atoms with E-state index >= 15 is 0 Å². The predicted octanol–water partition coefficient (Wildman–Crippen LogP) is 2.87. The van der Waals surface area contributed by atoms with Crippen molar-refractivity contribution < 1.29 is 8.42 Å². The van der Waals surface area contributed by atoms with E-state index in [9.17, 15) is 8.42 Å². The molecule has 0 aromatic rings. The Morgan fingerprint density at radius 1 is 1.06 bits per heavy atom. The zero-order valence-electron chi connectivity index (χ0n) is 11.8. The average Bonchev–Trinajstić information content (AvgIpc) is 2.11. The summed E-state index contributed by atoms with van der Waals surface area (Å²) in [6.07, 6.45) is 1.92. The molecule has 0 saturated heterocycles. The summed E-state index contributed by atoms with van der Waals surface area (Å²) in [7, 11) is -1.56. The third kappa shape index (κ3) is 2.98. The second kappa shape index (κ2) is 5.05. The van der Waals surface area contributed by atoms with Crippen LogP contribution in [0.1, 0.15) is 54.4 Å². The zero-order valence-corrected chi connectivity index (χ0v) is 12.6. The Kier molecular flexibility index (Phi) is 5.02. The van der Waals surface area contributed by atoms with Gasteiger partial charge in [-0.3, -0.25) is 0 Å². The van der Waals surface area contributed by atoms with Gasteiger partial charge in [-0.25, -0.2) is 12.7 Å². The molecule has 0 aliphatic carbocycles. The van der Waals surface area contributed by atoms with Crippen LogP contribution in [0, 0.1) is 5.41 Å². The number of hydrogen-bond acceptors (Lipinski definition) is 2. The van der Waals surface area contributed by atoms with Crippen LogP contribution in [-0.4, -0.2) is 31.1 Å². The Hall–Kier alpha value is -0.0900. The van der Waals surface area contributed by atoms with Crippen molar-refractivity contribution in [2.45, 2.75) is 59.1 Å². The fourth-order valence-electron chi connectivity index (χ4n) is 1.28. The van der Waals surface area contributed by atoms with Gasteiger partial charge in [0, 0.05) is 13.6 Å². The lowest BCUT2D eigenvalue weighted by Crippen LogP contribution is -2.51. The third-order valence-corrected chi connectivity index (χ3v) is 6.59. The maximum absolute atomic E-state index is 12.4. The molecule has 0 heterocycles. The Morgan fingerprint density at radius 3 is 1.81 bits per heavy atom. The highest BCUT2D eigenvalue weighted by Gasteiger charge is 2.46. The first kappa shape index (κ1) is 15.9. The van der Waals surface area contributed by atoms with Gasteiger partial charge in [-0.2, -0.15) is 0 Å². The lowest BCUT2D eigenvalue weighted by molar-refractivity contribution is 0.285. The van der Waals surface area contributed by atoms with Crippen molar-refractivity contribution in [2.24, 2.45) is 5.41 Å². The van der Waals surface area contributed by atoms with E-state index < -0.39 is 14.8 Å². The highest BCUT2D eigenvalue weighted by molar-refractivity contribution is 7.90. The maximum atomic E-state index is 12.4. The first-order valence-corrected chi connectivity index (χ1v) is 7.38. The molecule has 0 spiro atoms. The molecule has 0 aliphatic heterocycles. The van der Waals surface area contributed by atoms with Crippen LogP contribution in [0.5, 0.6) is 0 Å². The van der Waals surface area contributed by atoms with Gasteiger partial charge in [-0.05, 0) is 25.7 Å². The molecule has 3 nitrogen and oxygen atoms in total. The fourth-order valence-corrected chi connectivity index (χ4v) is 3.20. The van der Waals surface area contributed by atoms with Crippen molar-refractivity contribution in [3.8, 4) is 0 Å². The van der Waals surface area contributed by atoms with Gasteiger partial charge in [0.15, 0.2) is 0 Å². The van der Waals surface area contributed by atoms with Gasteiger partial charge in [-0.15, -0.1) is 0 Å². The molecule has 98 valence electrons. The van der Waals surface area contributed by atoms with E-state index in [-0.39, 0.29) is 5.41 Å². The molecule has 0 aliphatic rings. The van der Waals surface area contributed by atoms with Crippen LogP contribution in [0.3, 0.4) is 0 Å². The summed E-state index contributed by atoms with van der Waals surface area (Å²) in [4.78, 5) is 0. The standard InChI is InChI=1S/C12H27NO2S/c1-8-9-10-13(7)16(14,15)12(5,6)11(2,3)4/h8-10H2,1-7H3. The van der Waals surface area contributed by atoms with Crippen LogP contribution in [0.2, 0.25) is 0 Å². The maximum Gasteiger partial charge on any atom is 0.219 e. The smallest absolute Gasteiger partial charge is 0.212 e.